The average Bonchev–Trinajstić information content (AvgIpc) is 2.58. The number of hydrogen-bond acceptors (Lipinski definition) is 6. The Morgan fingerprint density at radius 3 is 2.38 bits per heavy atom. The molecular weight excluding hydrogens is 428 g/mol. The maximum Gasteiger partial charge on any atom is 0.344 e. The molecule has 0 bridgehead atoms. The number of hydrogen-bond donors (Lipinski definition) is 2. The number of esters is 1. The third-order valence-electron chi connectivity index (χ3n) is 2.98. The molecule has 0 aliphatic heterocycles. The molecule has 1 amide bonds. The number of anilines is 1. The zero-order valence-corrected chi connectivity index (χ0v) is 15.7. The zero-order valence-electron chi connectivity index (χ0n) is 13.3. The summed E-state index contributed by atoms with van der Waals surface area (Å²) in [5.41, 5.74) is 0.337. The van der Waals surface area contributed by atoms with Crippen LogP contribution >= 0.6 is 15.9 Å². The Hall–Kier alpha value is -2.43. The van der Waals surface area contributed by atoms with Crippen molar-refractivity contribution in [3.8, 4) is 5.75 Å². The van der Waals surface area contributed by atoms with Crippen LogP contribution in [0.5, 0.6) is 5.75 Å². The van der Waals surface area contributed by atoms with Gasteiger partial charge < -0.3 is 14.8 Å². The van der Waals surface area contributed by atoms with E-state index in [1.54, 1.807) is 18.2 Å². The normalized spacial score (nSPS) is 10.8. The molecule has 2 aromatic carbocycles. The van der Waals surface area contributed by atoms with Crippen LogP contribution in [0.4, 0.5) is 5.69 Å². The van der Waals surface area contributed by atoms with Gasteiger partial charge >= 0.3 is 5.97 Å². The molecule has 0 fully saturated rings. The highest BCUT2D eigenvalue weighted by molar-refractivity contribution is 9.10. The van der Waals surface area contributed by atoms with Crippen LogP contribution in [0.1, 0.15) is 0 Å². The van der Waals surface area contributed by atoms with Crippen LogP contribution in [0, 0.1) is 0 Å². The first kappa shape index (κ1) is 19.9. The summed E-state index contributed by atoms with van der Waals surface area (Å²) in [5.74, 6) is -0.801. The van der Waals surface area contributed by atoms with Gasteiger partial charge in [0.05, 0.1) is 4.90 Å². The van der Waals surface area contributed by atoms with Crippen molar-refractivity contribution in [1.29, 1.82) is 0 Å². The number of halogens is 1. The van der Waals surface area contributed by atoms with Crippen LogP contribution in [0.25, 0.3) is 0 Å². The van der Waals surface area contributed by atoms with E-state index in [4.69, 9.17) is 14.6 Å². The lowest BCUT2D eigenvalue weighted by atomic mass is 10.3. The Morgan fingerprint density at radius 2 is 1.77 bits per heavy atom. The second-order valence-electron chi connectivity index (χ2n) is 5.02. The van der Waals surface area contributed by atoms with E-state index in [1.807, 2.05) is 6.07 Å². The van der Waals surface area contributed by atoms with E-state index in [-0.39, 0.29) is 11.5 Å². The molecule has 0 heterocycles. The van der Waals surface area contributed by atoms with Gasteiger partial charge in [-0.05, 0) is 42.5 Å². The molecule has 138 valence electrons. The third-order valence-corrected chi connectivity index (χ3v) is 4.41. The monoisotopic (exact) mass is 442 g/mol. The Labute approximate surface area is 158 Å². The Balaban J connectivity index is 1.76. The van der Waals surface area contributed by atoms with E-state index in [0.717, 1.165) is 4.47 Å². The minimum absolute atomic E-state index is 0.0772. The van der Waals surface area contributed by atoms with Crippen LogP contribution in [0.15, 0.2) is 57.9 Å². The number of rotatable bonds is 7. The van der Waals surface area contributed by atoms with Crippen molar-refractivity contribution in [2.75, 3.05) is 18.5 Å². The molecule has 10 heteroatoms. The predicted molar refractivity (Wildman–Crippen MR) is 97.0 cm³/mol. The highest BCUT2D eigenvalue weighted by Gasteiger charge is 2.10. The molecule has 0 aliphatic rings. The lowest BCUT2D eigenvalue weighted by Gasteiger charge is -2.08. The molecule has 0 spiro atoms. The number of nitrogens with one attached hydrogen (secondary N) is 1. The van der Waals surface area contributed by atoms with Crippen molar-refractivity contribution in [2.24, 2.45) is 5.14 Å². The van der Waals surface area contributed by atoms with Gasteiger partial charge in [-0.25, -0.2) is 18.4 Å². The topological polar surface area (TPSA) is 125 Å². The van der Waals surface area contributed by atoms with Gasteiger partial charge in [0.1, 0.15) is 5.75 Å². The third kappa shape index (κ3) is 6.47. The fourth-order valence-electron chi connectivity index (χ4n) is 1.81. The predicted octanol–water partition coefficient (Wildman–Crippen LogP) is 1.66. The summed E-state index contributed by atoms with van der Waals surface area (Å²) in [5, 5.41) is 7.44. The molecule has 8 nitrogen and oxygen atoms in total. The minimum atomic E-state index is -3.80. The molecule has 26 heavy (non-hydrogen) atoms. The molecule has 0 atom stereocenters. The minimum Gasteiger partial charge on any atom is -0.482 e. The summed E-state index contributed by atoms with van der Waals surface area (Å²) < 4.78 is 33.1. The fraction of sp³-hybridized carbons (Fsp3) is 0.125. The van der Waals surface area contributed by atoms with Crippen LogP contribution in [-0.2, 0) is 24.3 Å². The quantitative estimate of drug-likeness (QED) is 0.628. The van der Waals surface area contributed by atoms with E-state index >= 15 is 0 Å². The van der Waals surface area contributed by atoms with Gasteiger partial charge in [0.25, 0.3) is 5.91 Å². The first-order valence-corrected chi connectivity index (χ1v) is 9.55. The molecule has 0 radical (unpaired) electrons. The number of ether oxygens (including phenoxy) is 2. The van der Waals surface area contributed by atoms with E-state index in [2.05, 4.69) is 21.2 Å². The molecule has 2 rings (SSSR count). The van der Waals surface area contributed by atoms with Crippen molar-refractivity contribution < 1.29 is 27.5 Å². The second kappa shape index (κ2) is 8.79. The van der Waals surface area contributed by atoms with Gasteiger partial charge in [-0.2, -0.15) is 0 Å². The van der Waals surface area contributed by atoms with Crippen molar-refractivity contribution in [2.45, 2.75) is 4.90 Å². The van der Waals surface area contributed by atoms with Crippen LogP contribution < -0.4 is 15.2 Å². The molecule has 0 saturated carbocycles. The zero-order chi connectivity index (χ0) is 19.2. The summed E-state index contributed by atoms with van der Waals surface area (Å²) in [6, 6.07) is 12.2. The van der Waals surface area contributed by atoms with E-state index < -0.39 is 28.5 Å². The maximum atomic E-state index is 11.7. The standard InChI is InChI=1S/C16H15BrN2O6S/c17-11-2-1-3-13(8-11)24-10-16(21)25-9-15(20)19-12-4-6-14(7-5-12)26(18,22)23/h1-8H,9-10H2,(H,19,20)(H2,18,22,23). The number of amides is 1. The molecule has 0 aromatic heterocycles. The first-order valence-electron chi connectivity index (χ1n) is 7.21. The van der Waals surface area contributed by atoms with Gasteiger partial charge in [-0.3, -0.25) is 4.79 Å². The van der Waals surface area contributed by atoms with E-state index in [0.29, 0.717) is 11.4 Å². The highest BCUT2D eigenvalue weighted by atomic mass is 79.9. The lowest BCUT2D eigenvalue weighted by Crippen LogP contribution is -2.23. The van der Waals surface area contributed by atoms with Crippen molar-refractivity contribution in [3.63, 3.8) is 0 Å². The largest absolute Gasteiger partial charge is 0.482 e. The van der Waals surface area contributed by atoms with Gasteiger partial charge in [0.2, 0.25) is 10.0 Å². The number of carbonyl (C=O) groups is 2. The van der Waals surface area contributed by atoms with Gasteiger partial charge in [-0.1, -0.05) is 22.0 Å². The first-order chi connectivity index (χ1) is 12.2. The molecule has 3 N–H and O–H groups in total. The molecule has 0 aliphatic carbocycles. The molecular formula is C16H15BrN2O6S. The van der Waals surface area contributed by atoms with E-state index in [1.165, 1.54) is 24.3 Å². The summed E-state index contributed by atoms with van der Waals surface area (Å²) >= 11 is 3.28. The smallest absolute Gasteiger partial charge is 0.344 e. The lowest BCUT2D eigenvalue weighted by molar-refractivity contribution is -0.149. The maximum absolute atomic E-state index is 11.7. The van der Waals surface area contributed by atoms with Crippen LogP contribution in [-0.4, -0.2) is 33.5 Å². The summed E-state index contributed by atoms with van der Waals surface area (Å²) in [4.78, 5) is 23.3. The van der Waals surface area contributed by atoms with Gasteiger partial charge in [0.15, 0.2) is 13.2 Å². The Bertz CT molecular complexity index is 899. The number of primary sulfonamides is 1. The van der Waals surface area contributed by atoms with Crippen LogP contribution in [0.3, 0.4) is 0 Å². The van der Waals surface area contributed by atoms with Gasteiger partial charge in [-0.15, -0.1) is 0 Å². The van der Waals surface area contributed by atoms with Crippen molar-refractivity contribution in [1.82, 2.24) is 0 Å². The Kier molecular flexibility index (Phi) is 6.72. The SMILES string of the molecule is NS(=O)(=O)c1ccc(NC(=O)COC(=O)COc2cccc(Br)c2)cc1. The van der Waals surface area contributed by atoms with Crippen molar-refractivity contribution >= 4 is 43.5 Å². The second-order valence-corrected chi connectivity index (χ2v) is 7.50. The highest BCUT2D eigenvalue weighted by Crippen LogP contribution is 2.17. The molecule has 0 saturated heterocycles. The number of carbonyl (C=O) groups excluding carboxylic acids is 2. The fourth-order valence-corrected chi connectivity index (χ4v) is 2.71. The average molecular weight is 443 g/mol. The summed E-state index contributed by atoms with van der Waals surface area (Å²) in [6.07, 6.45) is 0. The number of sulfonamides is 1. The summed E-state index contributed by atoms with van der Waals surface area (Å²) in [6.45, 7) is -0.843. The summed E-state index contributed by atoms with van der Waals surface area (Å²) in [7, 11) is -3.80. The van der Waals surface area contributed by atoms with E-state index in [9.17, 15) is 18.0 Å². The molecule has 0 unspecified atom stereocenters. The van der Waals surface area contributed by atoms with Crippen molar-refractivity contribution in [3.05, 3.63) is 53.0 Å². The number of nitrogens with two attached hydrogens (primary N) is 1. The Morgan fingerprint density at radius 1 is 1.08 bits per heavy atom. The molecule has 2 aromatic rings. The number of benzene rings is 2. The van der Waals surface area contributed by atoms with Gasteiger partial charge in [0, 0.05) is 10.2 Å². The van der Waals surface area contributed by atoms with Crippen LogP contribution in [0.2, 0.25) is 0 Å².